The third-order valence-electron chi connectivity index (χ3n) is 2.49. The Morgan fingerprint density at radius 3 is 2.42 bits per heavy atom. The maximum atomic E-state index is 11.2. The zero-order valence-electron chi connectivity index (χ0n) is 8.39. The van der Waals surface area contributed by atoms with Crippen molar-refractivity contribution in [1.29, 1.82) is 0 Å². The molecule has 0 aliphatic heterocycles. The third kappa shape index (κ3) is 1.99. The lowest BCUT2D eigenvalue weighted by molar-refractivity contribution is -0.145. The van der Waals surface area contributed by atoms with E-state index in [2.05, 4.69) is 20.8 Å². The molecule has 2 heteroatoms. The molecular formula is C10H18O2. The van der Waals surface area contributed by atoms with Crippen LogP contribution in [-0.2, 0) is 9.53 Å². The van der Waals surface area contributed by atoms with Gasteiger partial charge in [0.25, 0.3) is 0 Å². The van der Waals surface area contributed by atoms with Crippen molar-refractivity contribution in [3.63, 3.8) is 0 Å². The Bertz CT molecular complexity index is 179. The number of rotatable bonds is 2. The van der Waals surface area contributed by atoms with Gasteiger partial charge in [0.15, 0.2) is 0 Å². The SMILES string of the molecule is CCOC(=O)[C@H]1C[C@@H]1C(C)(C)C. The van der Waals surface area contributed by atoms with Gasteiger partial charge in [-0.3, -0.25) is 4.79 Å². The Labute approximate surface area is 74.3 Å². The molecule has 1 aliphatic carbocycles. The van der Waals surface area contributed by atoms with E-state index in [9.17, 15) is 4.79 Å². The standard InChI is InChI=1S/C10H18O2/c1-5-12-9(11)7-6-8(7)10(2,3)4/h7-8H,5-6H2,1-4H3/t7-,8-/m0/s1. The molecule has 1 saturated carbocycles. The molecule has 0 spiro atoms. The molecule has 0 unspecified atom stereocenters. The van der Waals surface area contributed by atoms with E-state index >= 15 is 0 Å². The van der Waals surface area contributed by atoms with Crippen molar-refractivity contribution in [1.82, 2.24) is 0 Å². The number of esters is 1. The van der Waals surface area contributed by atoms with E-state index in [-0.39, 0.29) is 17.3 Å². The molecule has 12 heavy (non-hydrogen) atoms. The van der Waals surface area contributed by atoms with Crippen LogP contribution in [0.4, 0.5) is 0 Å². The normalized spacial score (nSPS) is 28.3. The molecule has 0 amide bonds. The van der Waals surface area contributed by atoms with Gasteiger partial charge in [0.1, 0.15) is 0 Å². The lowest BCUT2D eigenvalue weighted by Gasteiger charge is -2.17. The molecule has 70 valence electrons. The monoisotopic (exact) mass is 170 g/mol. The van der Waals surface area contributed by atoms with E-state index in [4.69, 9.17) is 4.74 Å². The van der Waals surface area contributed by atoms with E-state index in [0.29, 0.717) is 12.5 Å². The third-order valence-corrected chi connectivity index (χ3v) is 2.49. The molecule has 0 saturated heterocycles. The van der Waals surface area contributed by atoms with Crippen molar-refractivity contribution in [3.8, 4) is 0 Å². The fourth-order valence-corrected chi connectivity index (χ4v) is 1.66. The molecule has 0 heterocycles. The molecule has 0 aromatic carbocycles. The summed E-state index contributed by atoms with van der Waals surface area (Å²) in [7, 11) is 0. The Hall–Kier alpha value is -0.530. The van der Waals surface area contributed by atoms with Crippen molar-refractivity contribution in [2.24, 2.45) is 17.3 Å². The Morgan fingerprint density at radius 1 is 1.50 bits per heavy atom. The number of hydrogen-bond acceptors (Lipinski definition) is 2. The van der Waals surface area contributed by atoms with Gasteiger partial charge >= 0.3 is 5.97 Å². The summed E-state index contributed by atoms with van der Waals surface area (Å²) < 4.78 is 4.95. The van der Waals surface area contributed by atoms with Gasteiger partial charge in [-0.1, -0.05) is 20.8 Å². The van der Waals surface area contributed by atoms with E-state index in [1.807, 2.05) is 6.92 Å². The molecule has 2 nitrogen and oxygen atoms in total. The zero-order valence-corrected chi connectivity index (χ0v) is 8.39. The predicted molar refractivity (Wildman–Crippen MR) is 47.7 cm³/mol. The first kappa shape index (κ1) is 9.56. The summed E-state index contributed by atoms with van der Waals surface area (Å²) in [5, 5.41) is 0. The van der Waals surface area contributed by atoms with Crippen molar-refractivity contribution in [2.75, 3.05) is 6.61 Å². The second-order valence-corrected chi connectivity index (χ2v) is 4.57. The Kier molecular flexibility index (Phi) is 2.45. The van der Waals surface area contributed by atoms with Crippen LogP contribution in [0.1, 0.15) is 34.1 Å². The highest BCUT2D eigenvalue weighted by Crippen LogP contribution is 2.51. The summed E-state index contributed by atoms with van der Waals surface area (Å²) >= 11 is 0. The van der Waals surface area contributed by atoms with Gasteiger partial charge in [0, 0.05) is 0 Å². The largest absolute Gasteiger partial charge is 0.466 e. The predicted octanol–water partition coefficient (Wildman–Crippen LogP) is 2.23. The fraction of sp³-hybridized carbons (Fsp3) is 0.900. The summed E-state index contributed by atoms with van der Waals surface area (Å²) in [4.78, 5) is 11.2. The molecular weight excluding hydrogens is 152 g/mol. The summed E-state index contributed by atoms with van der Waals surface area (Å²) in [6.07, 6.45) is 1.02. The van der Waals surface area contributed by atoms with Crippen LogP contribution < -0.4 is 0 Å². The zero-order chi connectivity index (χ0) is 9.35. The van der Waals surface area contributed by atoms with E-state index < -0.39 is 0 Å². The van der Waals surface area contributed by atoms with Crippen LogP contribution in [0.3, 0.4) is 0 Å². The van der Waals surface area contributed by atoms with Crippen molar-refractivity contribution >= 4 is 5.97 Å². The molecule has 1 fully saturated rings. The first-order valence-corrected chi connectivity index (χ1v) is 4.63. The van der Waals surface area contributed by atoms with E-state index in [0.717, 1.165) is 6.42 Å². The van der Waals surface area contributed by atoms with Crippen molar-refractivity contribution < 1.29 is 9.53 Å². The number of hydrogen-bond donors (Lipinski definition) is 0. The molecule has 0 aromatic rings. The first-order chi connectivity index (χ1) is 5.46. The summed E-state index contributed by atoms with van der Waals surface area (Å²) in [5.41, 5.74) is 0.261. The molecule has 1 rings (SSSR count). The van der Waals surface area contributed by atoms with Gasteiger partial charge in [-0.05, 0) is 24.7 Å². The van der Waals surface area contributed by atoms with Crippen LogP contribution in [0.5, 0.6) is 0 Å². The quantitative estimate of drug-likeness (QED) is 0.594. The van der Waals surface area contributed by atoms with Gasteiger partial charge in [-0.25, -0.2) is 0 Å². The summed E-state index contributed by atoms with van der Waals surface area (Å²) in [5.74, 6) is 0.721. The highest BCUT2D eigenvalue weighted by Gasteiger charge is 2.50. The number of carbonyl (C=O) groups excluding carboxylic acids is 1. The van der Waals surface area contributed by atoms with Crippen LogP contribution in [0.2, 0.25) is 0 Å². The lowest BCUT2D eigenvalue weighted by Crippen LogP contribution is -2.15. The second-order valence-electron chi connectivity index (χ2n) is 4.57. The average Bonchev–Trinajstić information content (AvgIpc) is 2.62. The molecule has 0 aromatic heterocycles. The van der Waals surface area contributed by atoms with Gasteiger partial charge in [0.05, 0.1) is 12.5 Å². The molecule has 0 bridgehead atoms. The average molecular weight is 170 g/mol. The second kappa shape index (κ2) is 3.08. The smallest absolute Gasteiger partial charge is 0.309 e. The Morgan fingerprint density at radius 2 is 2.08 bits per heavy atom. The lowest BCUT2D eigenvalue weighted by atomic mass is 9.89. The van der Waals surface area contributed by atoms with Crippen LogP contribution in [0.25, 0.3) is 0 Å². The maximum absolute atomic E-state index is 11.2. The topological polar surface area (TPSA) is 26.3 Å². The van der Waals surface area contributed by atoms with Gasteiger partial charge in [-0.2, -0.15) is 0 Å². The van der Waals surface area contributed by atoms with Gasteiger partial charge < -0.3 is 4.74 Å². The minimum atomic E-state index is -0.00238. The van der Waals surface area contributed by atoms with Crippen LogP contribution >= 0.6 is 0 Å². The molecule has 0 radical (unpaired) electrons. The van der Waals surface area contributed by atoms with Crippen molar-refractivity contribution in [2.45, 2.75) is 34.1 Å². The van der Waals surface area contributed by atoms with Gasteiger partial charge in [0.2, 0.25) is 0 Å². The van der Waals surface area contributed by atoms with Crippen LogP contribution in [0, 0.1) is 17.3 Å². The minimum Gasteiger partial charge on any atom is -0.466 e. The molecule has 2 atom stereocenters. The minimum absolute atomic E-state index is 0.00238. The summed E-state index contributed by atoms with van der Waals surface area (Å²) in [6.45, 7) is 8.89. The maximum Gasteiger partial charge on any atom is 0.309 e. The fourth-order valence-electron chi connectivity index (χ4n) is 1.66. The number of ether oxygens (including phenoxy) is 1. The highest BCUT2D eigenvalue weighted by atomic mass is 16.5. The Balaban J connectivity index is 2.37. The van der Waals surface area contributed by atoms with Gasteiger partial charge in [-0.15, -0.1) is 0 Å². The molecule has 1 aliphatic rings. The first-order valence-electron chi connectivity index (χ1n) is 4.63. The van der Waals surface area contributed by atoms with E-state index in [1.165, 1.54) is 0 Å². The summed E-state index contributed by atoms with van der Waals surface area (Å²) in [6, 6.07) is 0. The van der Waals surface area contributed by atoms with E-state index in [1.54, 1.807) is 0 Å². The van der Waals surface area contributed by atoms with Crippen LogP contribution in [-0.4, -0.2) is 12.6 Å². The highest BCUT2D eigenvalue weighted by molar-refractivity contribution is 5.75. The number of carbonyl (C=O) groups is 1. The molecule has 0 N–H and O–H groups in total. The van der Waals surface area contributed by atoms with Crippen molar-refractivity contribution in [3.05, 3.63) is 0 Å². The van der Waals surface area contributed by atoms with Crippen LogP contribution in [0.15, 0.2) is 0 Å².